The summed E-state index contributed by atoms with van der Waals surface area (Å²) in [5.41, 5.74) is 3.48. The highest BCUT2D eigenvalue weighted by Gasteiger charge is 2.51. The Kier molecular flexibility index (Phi) is 5.80. The summed E-state index contributed by atoms with van der Waals surface area (Å²) in [6.07, 6.45) is 4.35. The summed E-state index contributed by atoms with van der Waals surface area (Å²) < 4.78 is 0. The fraction of sp³-hybridized carbons (Fsp3) is 0.333. The van der Waals surface area contributed by atoms with E-state index in [9.17, 15) is 14.4 Å². The van der Waals surface area contributed by atoms with Crippen molar-refractivity contribution >= 4 is 40.8 Å². The van der Waals surface area contributed by atoms with Crippen molar-refractivity contribution in [1.82, 2.24) is 9.88 Å². The fourth-order valence-corrected chi connectivity index (χ4v) is 6.33. The van der Waals surface area contributed by atoms with Crippen LogP contribution in [0.1, 0.15) is 55.0 Å². The Bertz CT molecular complexity index is 1470. The number of piperidine rings is 1. The van der Waals surface area contributed by atoms with Gasteiger partial charge >= 0.3 is 0 Å². The van der Waals surface area contributed by atoms with Gasteiger partial charge in [0.25, 0.3) is 0 Å². The molecular formula is C30H29ClN4O3. The summed E-state index contributed by atoms with van der Waals surface area (Å²) in [6.45, 7) is 3.82. The van der Waals surface area contributed by atoms with Crippen LogP contribution < -0.4 is 10.6 Å². The van der Waals surface area contributed by atoms with Crippen LogP contribution in [0, 0.1) is 5.41 Å². The van der Waals surface area contributed by atoms with Crippen molar-refractivity contribution in [1.29, 1.82) is 0 Å². The third-order valence-electron chi connectivity index (χ3n) is 8.29. The second kappa shape index (κ2) is 8.95. The summed E-state index contributed by atoms with van der Waals surface area (Å²) in [7, 11) is 0. The Morgan fingerprint density at radius 2 is 1.87 bits per heavy atom. The first kappa shape index (κ1) is 24.6. The first-order valence-electron chi connectivity index (χ1n) is 12.9. The highest BCUT2D eigenvalue weighted by atomic mass is 35.5. The number of nitrogens with zero attached hydrogens (tertiary/aromatic N) is 2. The topological polar surface area (TPSA) is 91.4 Å². The number of hydrogen-bond acceptors (Lipinski definition) is 4. The molecule has 7 nitrogen and oxygen atoms in total. The molecule has 2 aliphatic heterocycles. The second-order valence-electron chi connectivity index (χ2n) is 11.2. The van der Waals surface area contributed by atoms with Crippen molar-refractivity contribution < 1.29 is 14.4 Å². The van der Waals surface area contributed by atoms with Crippen molar-refractivity contribution in [3.63, 3.8) is 0 Å². The van der Waals surface area contributed by atoms with Gasteiger partial charge in [-0.3, -0.25) is 14.4 Å². The number of aromatic nitrogens is 1. The number of pyridine rings is 1. The smallest absolute Gasteiger partial charge is 0.244 e. The van der Waals surface area contributed by atoms with Gasteiger partial charge in [0.1, 0.15) is 12.4 Å². The number of halogens is 1. The third kappa shape index (κ3) is 4.06. The van der Waals surface area contributed by atoms with Gasteiger partial charge in [0.05, 0.1) is 11.5 Å². The van der Waals surface area contributed by atoms with Crippen molar-refractivity contribution in [2.75, 3.05) is 17.2 Å². The quantitative estimate of drug-likeness (QED) is 0.495. The van der Waals surface area contributed by atoms with E-state index in [4.69, 9.17) is 11.6 Å². The second-order valence-corrected chi connectivity index (χ2v) is 11.7. The van der Waals surface area contributed by atoms with Gasteiger partial charge in [-0.2, -0.15) is 0 Å². The van der Waals surface area contributed by atoms with Crippen LogP contribution in [0.25, 0.3) is 0 Å². The van der Waals surface area contributed by atoms with Crippen LogP contribution in [0.3, 0.4) is 0 Å². The number of rotatable bonds is 4. The number of carbonyl (C=O) groups is 3. The summed E-state index contributed by atoms with van der Waals surface area (Å²) in [4.78, 5) is 45.6. The average molecular weight is 529 g/mol. The minimum atomic E-state index is -0.661. The van der Waals surface area contributed by atoms with E-state index in [1.807, 2.05) is 68.4 Å². The predicted octanol–water partition coefficient (Wildman–Crippen LogP) is 5.05. The SMILES string of the molecule is CC1(C)CC[C@@H](c2ccc(Cl)cc2)N(CC(=O)Nc2ccc3c(c2)CC2(C3)C(=O)Nc3ncccc32)C1=O. The summed E-state index contributed by atoms with van der Waals surface area (Å²) in [5.74, 6) is 0.306. The Hall–Kier alpha value is -3.71. The van der Waals surface area contributed by atoms with Crippen LogP contribution in [0.5, 0.6) is 0 Å². The molecule has 1 aliphatic carbocycles. The monoisotopic (exact) mass is 528 g/mol. The molecule has 3 heterocycles. The van der Waals surface area contributed by atoms with Crippen molar-refractivity contribution in [3.05, 3.63) is 88.1 Å². The lowest BCUT2D eigenvalue weighted by molar-refractivity contribution is -0.150. The molecule has 6 rings (SSSR count). The number of hydrogen-bond donors (Lipinski definition) is 2. The largest absolute Gasteiger partial charge is 0.326 e. The molecule has 3 aliphatic rings. The van der Waals surface area contributed by atoms with E-state index in [-0.39, 0.29) is 30.3 Å². The maximum Gasteiger partial charge on any atom is 0.244 e. The van der Waals surface area contributed by atoms with E-state index in [0.717, 1.165) is 35.1 Å². The zero-order valence-electron chi connectivity index (χ0n) is 21.4. The molecule has 8 heteroatoms. The van der Waals surface area contributed by atoms with Gasteiger partial charge in [0.15, 0.2) is 0 Å². The molecule has 1 spiro atoms. The number of benzene rings is 2. The highest BCUT2D eigenvalue weighted by Crippen LogP contribution is 2.47. The predicted molar refractivity (Wildman–Crippen MR) is 146 cm³/mol. The van der Waals surface area contributed by atoms with Crippen LogP contribution >= 0.6 is 11.6 Å². The van der Waals surface area contributed by atoms with Crippen LogP contribution in [-0.4, -0.2) is 34.2 Å². The van der Waals surface area contributed by atoms with Crippen molar-refractivity contribution in [2.45, 2.75) is 51.0 Å². The Morgan fingerprint density at radius 1 is 1.11 bits per heavy atom. The van der Waals surface area contributed by atoms with E-state index >= 15 is 0 Å². The summed E-state index contributed by atoms with van der Waals surface area (Å²) in [6, 6.07) is 16.9. The molecule has 0 radical (unpaired) electrons. The first-order chi connectivity index (χ1) is 18.2. The molecule has 1 saturated heterocycles. The maximum atomic E-state index is 13.4. The standard InChI is InChI=1S/C30H29ClN4O3/c1-29(2)12-11-24(18-5-8-21(31)9-6-18)35(28(29)38)17-25(36)33-22-10-7-19-15-30(16-20(19)14-22)23-4-3-13-32-26(23)34-27(30)37/h3-10,13-14,24H,11-12,15-17H2,1-2H3,(H,33,36)(H,32,34,37)/t24-,30?/m0/s1. The molecule has 2 atom stereocenters. The molecule has 0 saturated carbocycles. The van der Waals surface area contributed by atoms with Gasteiger partial charge in [0.2, 0.25) is 17.7 Å². The Morgan fingerprint density at radius 3 is 2.66 bits per heavy atom. The van der Waals surface area contributed by atoms with Gasteiger partial charge in [0, 0.05) is 27.9 Å². The number of likely N-dealkylation sites (tertiary alicyclic amines) is 1. The number of nitrogens with one attached hydrogen (secondary N) is 2. The van der Waals surface area contributed by atoms with Gasteiger partial charge in [-0.1, -0.05) is 49.7 Å². The van der Waals surface area contributed by atoms with Crippen LogP contribution in [-0.2, 0) is 32.6 Å². The number of anilines is 2. The van der Waals surface area contributed by atoms with Gasteiger partial charge in [-0.15, -0.1) is 0 Å². The van der Waals surface area contributed by atoms with E-state index in [1.54, 1.807) is 11.1 Å². The van der Waals surface area contributed by atoms with Gasteiger partial charge in [-0.25, -0.2) is 4.98 Å². The normalized spacial score (nSPS) is 23.2. The highest BCUT2D eigenvalue weighted by molar-refractivity contribution is 6.30. The third-order valence-corrected chi connectivity index (χ3v) is 8.54. The van der Waals surface area contributed by atoms with Gasteiger partial charge < -0.3 is 15.5 Å². The zero-order chi connectivity index (χ0) is 26.7. The average Bonchev–Trinajstić information content (AvgIpc) is 3.40. The summed E-state index contributed by atoms with van der Waals surface area (Å²) >= 11 is 6.08. The van der Waals surface area contributed by atoms with Crippen molar-refractivity contribution in [3.8, 4) is 0 Å². The Balaban J connectivity index is 1.20. The molecular weight excluding hydrogens is 500 g/mol. The van der Waals surface area contributed by atoms with E-state index in [2.05, 4.69) is 15.6 Å². The lowest BCUT2D eigenvalue weighted by atomic mass is 9.78. The van der Waals surface area contributed by atoms with E-state index in [1.165, 1.54) is 0 Å². The zero-order valence-corrected chi connectivity index (χ0v) is 22.1. The molecule has 3 amide bonds. The number of amides is 3. The molecule has 1 fully saturated rings. The minimum Gasteiger partial charge on any atom is -0.326 e. The molecule has 2 aromatic carbocycles. The number of carbonyl (C=O) groups excluding carboxylic acids is 3. The molecule has 38 heavy (non-hydrogen) atoms. The number of fused-ring (bicyclic) bond motifs is 3. The lowest BCUT2D eigenvalue weighted by Crippen LogP contribution is -2.50. The molecule has 2 N–H and O–H groups in total. The Labute approximate surface area is 226 Å². The van der Waals surface area contributed by atoms with E-state index < -0.39 is 10.8 Å². The van der Waals surface area contributed by atoms with Crippen LogP contribution in [0.4, 0.5) is 11.5 Å². The van der Waals surface area contributed by atoms with E-state index in [0.29, 0.717) is 29.4 Å². The maximum absolute atomic E-state index is 13.4. The molecule has 194 valence electrons. The molecule has 1 unspecified atom stereocenters. The van der Waals surface area contributed by atoms with Crippen molar-refractivity contribution in [2.24, 2.45) is 5.41 Å². The molecule has 3 aromatic rings. The first-order valence-corrected chi connectivity index (χ1v) is 13.3. The minimum absolute atomic E-state index is 0.0331. The van der Waals surface area contributed by atoms with Crippen LogP contribution in [0.2, 0.25) is 5.02 Å². The van der Waals surface area contributed by atoms with Gasteiger partial charge in [-0.05, 0) is 72.7 Å². The molecule has 1 aromatic heterocycles. The lowest BCUT2D eigenvalue weighted by Gasteiger charge is -2.43. The fourth-order valence-electron chi connectivity index (χ4n) is 6.20. The molecule has 0 bridgehead atoms. The van der Waals surface area contributed by atoms with Crippen LogP contribution in [0.15, 0.2) is 60.8 Å². The summed E-state index contributed by atoms with van der Waals surface area (Å²) in [5, 5.41) is 6.55.